The van der Waals surface area contributed by atoms with Crippen LogP contribution in [-0.4, -0.2) is 12.6 Å². The van der Waals surface area contributed by atoms with Gasteiger partial charge in [0, 0.05) is 12.5 Å². The SMILES string of the molecule is C#CCCCC(NCCC)C12CC3CC(CC(C)(C3)C1)C2. The molecule has 118 valence electrons. The summed E-state index contributed by atoms with van der Waals surface area (Å²) in [5.74, 6) is 4.88. The third-order valence-corrected chi connectivity index (χ3v) is 6.59. The van der Waals surface area contributed by atoms with Crippen molar-refractivity contribution in [3.63, 3.8) is 0 Å². The van der Waals surface area contributed by atoms with E-state index in [0.29, 0.717) is 10.8 Å². The van der Waals surface area contributed by atoms with Gasteiger partial charge >= 0.3 is 0 Å². The molecule has 4 aliphatic rings. The summed E-state index contributed by atoms with van der Waals surface area (Å²) in [4.78, 5) is 0. The Morgan fingerprint density at radius 3 is 2.52 bits per heavy atom. The zero-order valence-corrected chi connectivity index (χ0v) is 14.1. The molecule has 4 aliphatic carbocycles. The van der Waals surface area contributed by atoms with Gasteiger partial charge in [0.15, 0.2) is 0 Å². The van der Waals surface area contributed by atoms with Crippen LogP contribution < -0.4 is 5.32 Å². The number of unbranched alkanes of at least 4 members (excludes halogenated alkanes) is 1. The largest absolute Gasteiger partial charge is 0.313 e. The van der Waals surface area contributed by atoms with Crippen molar-refractivity contribution < 1.29 is 0 Å². The van der Waals surface area contributed by atoms with Crippen LogP contribution in [0.15, 0.2) is 0 Å². The van der Waals surface area contributed by atoms with Gasteiger partial charge in [0.25, 0.3) is 0 Å². The summed E-state index contributed by atoms with van der Waals surface area (Å²) < 4.78 is 0. The molecule has 4 bridgehead atoms. The van der Waals surface area contributed by atoms with E-state index in [4.69, 9.17) is 6.42 Å². The van der Waals surface area contributed by atoms with Crippen LogP contribution in [-0.2, 0) is 0 Å². The highest BCUT2D eigenvalue weighted by atomic mass is 14.9. The fourth-order valence-corrected chi connectivity index (χ4v) is 6.56. The summed E-state index contributed by atoms with van der Waals surface area (Å²) in [6, 6.07) is 0.719. The second-order valence-electron chi connectivity index (χ2n) is 8.74. The normalized spacial score (nSPS) is 42.0. The molecular weight excluding hydrogens is 254 g/mol. The molecule has 0 heterocycles. The number of hydrogen-bond donors (Lipinski definition) is 1. The lowest BCUT2D eigenvalue weighted by Crippen LogP contribution is -2.58. The highest BCUT2D eigenvalue weighted by molar-refractivity contribution is 5.10. The molecular formula is C20H33N. The van der Waals surface area contributed by atoms with E-state index in [1.165, 1.54) is 64.3 Å². The third-order valence-electron chi connectivity index (χ3n) is 6.59. The molecule has 0 aromatic carbocycles. The number of hydrogen-bond acceptors (Lipinski definition) is 1. The first-order chi connectivity index (χ1) is 10.1. The predicted octanol–water partition coefficient (Wildman–Crippen LogP) is 4.76. The van der Waals surface area contributed by atoms with Gasteiger partial charge in [-0.2, -0.15) is 0 Å². The van der Waals surface area contributed by atoms with Crippen molar-refractivity contribution in [1.82, 2.24) is 5.32 Å². The molecule has 3 atom stereocenters. The van der Waals surface area contributed by atoms with Crippen LogP contribution in [0.5, 0.6) is 0 Å². The maximum Gasteiger partial charge on any atom is 0.0124 e. The van der Waals surface area contributed by atoms with E-state index >= 15 is 0 Å². The lowest BCUT2D eigenvalue weighted by atomic mass is 9.43. The van der Waals surface area contributed by atoms with Crippen LogP contribution in [0.4, 0.5) is 0 Å². The molecule has 0 aromatic heterocycles. The Labute approximate surface area is 131 Å². The van der Waals surface area contributed by atoms with E-state index in [1.54, 1.807) is 0 Å². The van der Waals surface area contributed by atoms with Crippen molar-refractivity contribution in [2.45, 2.75) is 84.1 Å². The average Bonchev–Trinajstić information content (AvgIpc) is 2.39. The summed E-state index contributed by atoms with van der Waals surface area (Å²) in [6.45, 7) is 6.04. The van der Waals surface area contributed by atoms with Crippen LogP contribution in [0.1, 0.15) is 78.1 Å². The van der Waals surface area contributed by atoms with E-state index in [0.717, 1.165) is 24.3 Å². The molecule has 21 heavy (non-hydrogen) atoms. The molecule has 1 N–H and O–H groups in total. The molecule has 0 spiro atoms. The van der Waals surface area contributed by atoms with Crippen LogP contribution in [0.2, 0.25) is 0 Å². The quantitative estimate of drug-likeness (QED) is 0.525. The van der Waals surface area contributed by atoms with Gasteiger partial charge in [-0.3, -0.25) is 0 Å². The topological polar surface area (TPSA) is 12.0 Å². The second-order valence-corrected chi connectivity index (χ2v) is 8.74. The van der Waals surface area contributed by atoms with E-state index in [9.17, 15) is 0 Å². The van der Waals surface area contributed by atoms with E-state index in [1.807, 2.05) is 0 Å². The third kappa shape index (κ3) is 3.02. The zero-order valence-electron chi connectivity index (χ0n) is 14.1. The fourth-order valence-electron chi connectivity index (χ4n) is 6.56. The van der Waals surface area contributed by atoms with E-state index in [2.05, 4.69) is 25.1 Å². The highest BCUT2D eigenvalue weighted by Crippen LogP contribution is 2.66. The van der Waals surface area contributed by atoms with Crippen molar-refractivity contribution in [2.24, 2.45) is 22.7 Å². The molecule has 1 nitrogen and oxygen atoms in total. The van der Waals surface area contributed by atoms with Crippen molar-refractivity contribution in [3.8, 4) is 12.3 Å². The molecule has 4 rings (SSSR count). The summed E-state index contributed by atoms with van der Waals surface area (Å²) in [5.41, 5.74) is 1.25. The van der Waals surface area contributed by atoms with Gasteiger partial charge in [-0.05, 0) is 87.0 Å². The number of terminal acetylenes is 1. The Morgan fingerprint density at radius 2 is 1.95 bits per heavy atom. The van der Waals surface area contributed by atoms with Gasteiger partial charge < -0.3 is 5.32 Å². The van der Waals surface area contributed by atoms with Crippen molar-refractivity contribution >= 4 is 0 Å². The van der Waals surface area contributed by atoms with Gasteiger partial charge in [0.2, 0.25) is 0 Å². The lowest BCUT2D eigenvalue weighted by Gasteiger charge is -2.63. The minimum atomic E-state index is 0.600. The second kappa shape index (κ2) is 5.96. The van der Waals surface area contributed by atoms with Gasteiger partial charge in [0.1, 0.15) is 0 Å². The van der Waals surface area contributed by atoms with Gasteiger partial charge in [0.05, 0.1) is 0 Å². The summed E-state index contributed by atoms with van der Waals surface area (Å²) in [6.07, 6.45) is 19.2. The summed E-state index contributed by atoms with van der Waals surface area (Å²) in [7, 11) is 0. The molecule has 3 unspecified atom stereocenters. The highest BCUT2D eigenvalue weighted by Gasteiger charge is 2.57. The minimum Gasteiger partial charge on any atom is -0.313 e. The molecule has 4 fully saturated rings. The Hall–Kier alpha value is -0.480. The Bertz CT molecular complexity index is 391. The Morgan fingerprint density at radius 1 is 1.24 bits per heavy atom. The van der Waals surface area contributed by atoms with E-state index < -0.39 is 0 Å². The van der Waals surface area contributed by atoms with E-state index in [-0.39, 0.29) is 0 Å². The predicted molar refractivity (Wildman–Crippen MR) is 90.0 cm³/mol. The van der Waals surface area contributed by atoms with Crippen molar-refractivity contribution in [2.75, 3.05) is 6.54 Å². The Balaban J connectivity index is 1.75. The molecule has 0 radical (unpaired) electrons. The fraction of sp³-hybridized carbons (Fsp3) is 0.900. The smallest absolute Gasteiger partial charge is 0.0124 e. The molecule has 0 saturated heterocycles. The summed E-state index contributed by atoms with van der Waals surface area (Å²) >= 11 is 0. The standard InChI is InChI=1S/C20H33N/c1-4-6-7-8-18(21-9-5-2)20-13-16-10-17(14-20)12-19(3,11-16)15-20/h1,16-18,21H,5-15H2,2-3H3. The zero-order chi connectivity index (χ0) is 14.9. The first-order valence-electron chi connectivity index (χ1n) is 9.26. The number of rotatable bonds is 7. The average molecular weight is 287 g/mol. The lowest BCUT2D eigenvalue weighted by molar-refractivity contribution is -0.119. The van der Waals surface area contributed by atoms with Gasteiger partial charge in [-0.1, -0.05) is 13.8 Å². The van der Waals surface area contributed by atoms with Crippen molar-refractivity contribution in [3.05, 3.63) is 0 Å². The van der Waals surface area contributed by atoms with Gasteiger partial charge in [-0.25, -0.2) is 0 Å². The van der Waals surface area contributed by atoms with Crippen LogP contribution in [0.3, 0.4) is 0 Å². The maximum atomic E-state index is 5.47. The first kappa shape index (κ1) is 15.4. The minimum absolute atomic E-state index is 0.600. The summed E-state index contributed by atoms with van der Waals surface area (Å²) in [5, 5.41) is 3.93. The number of nitrogens with one attached hydrogen (secondary N) is 1. The molecule has 0 aromatic rings. The van der Waals surface area contributed by atoms with Crippen molar-refractivity contribution in [1.29, 1.82) is 0 Å². The van der Waals surface area contributed by atoms with Crippen LogP contribution in [0.25, 0.3) is 0 Å². The Kier molecular flexibility index (Phi) is 4.37. The maximum absolute atomic E-state index is 5.47. The molecule has 4 saturated carbocycles. The molecule has 1 heteroatoms. The van der Waals surface area contributed by atoms with Crippen LogP contribution in [0, 0.1) is 35.0 Å². The molecule has 0 amide bonds. The van der Waals surface area contributed by atoms with Crippen LogP contribution >= 0.6 is 0 Å². The monoisotopic (exact) mass is 287 g/mol. The first-order valence-corrected chi connectivity index (χ1v) is 9.26. The van der Waals surface area contributed by atoms with Gasteiger partial charge in [-0.15, -0.1) is 12.3 Å². The molecule has 0 aliphatic heterocycles.